The van der Waals surface area contributed by atoms with Gasteiger partial charge in [-0.1, -0.05) is 11.8 Å². The number of rotatable bonds is 5. The lowest BCUT2D eigenvalue weighted by Crippen LogP contribution is -2.61. The molecule has 7 nitrogen and oxygen atoms in total. The Hall–Kier alpha value is -3.36. The van der Waals surface area contributed by atoms with Crippen molar-refractivity contribution in [3.8, 4) is 6.07 Å². The van der Waals surface area contributed by atoms with E-state index < -0.39 is 34.5 Å². The number of anilines is 2. The molecule has 0 unspecified atom stereocenters. The van der Waals surface area contributed by atoms with Crippen molar-refractivity contribution in [2.24, 2.45) is 16.6 Å². The van der Waals surface area contributed by atoms with Crippen LogP contribution < -0.4 is 11.1 Å². The number of nitriles is 1. The molecule has 174 valence electrons. The van der Waals surface area contributed by atoms with Crippen LogP contribution >= 0.6 is 11.8 Å². The van der Waals surface area contributed by atoms with E-state index in [1.165, 1.54) is 18.5 Å². The van der Waals surface area contributed by atoms with Crippen LogP contribution in [0.15, 0.2) is 41.7 Å². The average molecular weight is 485 g/mol. The van der Waals surface area contributed by atoms with E-state index in [9.17, 15) is 13.9 Å². The highest BCUT2D eigenvalue weighted by molar-refractivity contribution is 8.15. The standard InChI is InChI=1S/C23H19F3N6OS/c24-10-23(17-1-3-22(17,11-33)34-21(28)32-23)15-6-14(7-16(25)18(15)26)31-20-19-13(2-4-29-20)5-12(8-27)9-30-19/h2,4-7,9,17,33H,1,3,10-11H2,(H2,28,32)(H,29,31)/t17-,22-,23+/m0/s1. The van der Waals surface area contributed by atoms with E-state index in [0.717, 1.165) is 17.8 Å². The van der Waals surface area contributed by atoms with Crippen molar-refractivity contribution in [2.45, 2.75) is 23.1 Å². The van der Waals surface area contributed by atoms with Crippen molar-refractivity contribution in [3.63, 3.8) is 0 Å². The molecular formula is C23H19F3N6OS. The van der Waals surface area contributed by atoms with Crippen LogP contribution in [0.4, 0.5) is 24.7 Å². The number of amidine groups is 1. The Kier molecular flexibility index (Phi) is 5.37. The molecule has 34 heavy (non-hydrogen) atoms. The number of hydrogen-bond acceptors (Lipinski definition) is 8. The van der Waals surface area contributed by atoms with Crippen LogP contribution in [0.5, 0.6) is 0 Å². The second-order valence-electron chi connectivity index (χ2n) is 8.44. The third-order valence-corrected chi connectivity index (χ3v) is 7.97. The fourth-order valence-corrected chi connectivity index (χ4v) is 6.27. The van der Waals surface area contributed by atoms with Crippen LogP contribution in [-0.4, -0.2) is 38.3 Å². The Bertz CT molecular complexity index is 1370. The van der Waals surface area contributed by atoms with Gasteiger partial charge in [0, 0.05) is 41.0 Å². The third kappa shape index (κ3) is 3.28. The number of hydrogen-bond donors (Lipinski definition) is 3. The Morgan fingerprint density at radius 2 is 2.12 bits per heavy atom. The van der Waals surface area contributed by atoms with Gasteiger partial charge in [0.05, 0.1) is 16.9 Å². The summed E-state index contributed by atoms with van der Waals surface area (Å²) in [6.45, 7) is -1.38. The van der Waals surface area contributed by atoms with Gasteiger partial charge < -0.3 is 16.2 Å². The number of benzene rings is 1. The molecule has 0 amide bonds. The summed E-state index contributed by atoms with van der Waals surface area (Å²) in [5.41, 5.74) is 4.84. The first-order valence-electron chi connectivity index (χ1n) is 10.5. The van der Waals surface area contributed by atoms with Crippen LogP contribution in [0.3, 0.4) is 0 Å². The summed E-state index contributed by atoms with van der Waals surface area (Å²) >= 11 is 1.16. The van der Waals surface area contributed by atoms with Crippen LogP contribution in [-0.2, 0) is 5.54 Å². The molecule has 0 radical (unpaired) electrons. The zero-order valence-electron chi connectivity index (χ0n) is 17.7. The Balaban J connectivity index is 1.62. The third-order valence-electron chi connectivity index (χ3n) is 6.64. The topological polar surface area (TPSA) is 120 Å². The molecule has 2 aromatic heterocycles. The van der Waals surface area contributed by atoms with E-state index in [1.807, 2.05) is 6.07 Å². The van der Waals surface area contributed by atoms with Gasteiger partial charge in [-0.25, -0.2) is 23.1 Å². The number of thioether (sulfide) groups is 1. The van der Waals surface area contributed by atoms with Crippen LogP contribution in [0.2, 0.25) is 0 Å². The first-order valence-corrected chi connectivity index (χ1v) is 11.3. The molecule has 1 fully saturated rings. The number of nitrogens with zero attached hydrogens (tertiary/aromatic N) is 4. The minimum Gasteiger partial charge on any atom is -0.395 e. The smallest absolute Gasteiger partial charge is 0.164 e. The molecule has 2 aliphatic rings. The molecule has 4 N–H and O–H groups in total. The first kappa shape index (κ1) is 22.4. The summed E-state index contributed by atoms with van der Waals surface area (Å²) < 4.78 is 43.8. The molecule has 3 aromatic rings. The summed E-state index contributed by atoms with van der Waals surface area (Å²) in [5.74, 6) is -2.70. The zero-order chi connectivity index (χ0) is 24.1. The Labute approximate surface area is 196 Å². The minimum absolute atomic E-state index is 0.0223. The SMILES string of the molecule is N#Cc1cnc2c(Nc3cc(F)c(F)c([C@@]4(CF)N=C(N)S[C@]5(CO)CC[C@@H]54)c3)nccc2c1. The summed E-state index contributed by atoms with van der Waals surface area (Å²) in [5, 5.41) is 22.7. The molecule has 0 spiro atoms. The number of nitrogens with one attached hydrogen (secondary N) is 1. The highest BCUT2D eigenvalue weighted by Gasteiger charge is 2.62. The van der Waals surface area contributed by atoms with Gasteiger partial charge in [-0.3, -0.25) is 4.98 Å². The fraction of sp³-hybridized carbons (Fsp3) is 0.304. The van der Waals surface area contributed by atoms with Crippen molar-refractivity contribution < 1.29 is 18.3 Å². The average Bonchev–Trinajstić information content (AvgIpc) is 2.82. The van der Waals surface area contributed by atoms with E-state index in [0.29, 0.717) is 29.3 Å². The zero-order valence-corrected chi connectivity index (χ0v) is 18.5. The molecule has 1 saturated carbocycles. The summed E-state index contributed by atoms with van der Waals surface area (Å²) in [6.07, 6.45) is 3.93. The molecule has 5 rings (SSSR count). The first-order chi connectivity index (χ1) is 16.4. The number of aliphatic hydroxyl groups is 1. The molecule has 3 heterocycles. The second-order valence-corrected chi connectivity index (χ2v) is 9.87. The fourth-order valence-electron chi connectivity index (χ4n) is 4.90. The van der Waals surface area contributed by atoms with Crippen molar-refractivity contribution in [3.05, 3.63) is 59.4 Å². The maximum atomic E-state index is 15.1. The second kappa shape index (κ2) is 8.14. The van der Waals surface area contributed by atoms with E-state index in [1.54, 1.807) is 12.1 Å². The lowest BCUT2D eigenvalue weighted by Gasteiger charge is -2.57. The van der Waals surface area contributed by atoms with E-state index >= 15 is 4.39 Å². The predicted octanol–water partition coefficient (Wildman–Crippen LogP) is 3.89. The van der Waals surface area contributed by atoms with Gasteiger partial charge in [0.2, 0.25) is 0 Å². The minimum atomic E-state index is -1.76. The van der Waals surface area contributed by atoms with E-state index in [4.69, 9.17) is 11.0 Å². The van der Waals surface area contributed by atoms with Gasteiger partial charge in [0.1, 0.15) is 23.8 Å². The number of aromatic nitrogens is 2. The monoisotopic (exact) mass is 484 g/mol. The van der Waals surface area contributed by atoms with Gasteiger partial charge in [-0.05, 0) is 31.0 Å². The number of alkyl halides is 1. The molecular weight excluding hydrogens is 465 g/mol. The van der Waals surface area contributed by atoms with Gasteiger partial charge >= 0.3 is 0 Å². The Morgan fingerprint density at radius 1 is 1.29 bits per heavy atom. The predicted molar refractivity (Wildman–Crippen MR) is 123 cm³/mol. The number of aliphatic hydroxyl groups excluding tert-OH is 1. The van der Waals surface area contributed by atoms with E-state index in [-0.39, 0.29) is 28.8 Å². The molecule has 0 saturated heterocycles. The number of pyridine rings is 2. The normalized spacial score (nSPS) is 25.7. The van der Waals surface area contributed by atoms with Crippen molar-refractivity contribution in [1.29, 1.82) is 5.26 Å². The Morgan fingerprint density at radius 3 is 2.79 bits per heavy atom. The van der Waals surface area contributed by atoms with Gasteiger partial charge in [0.25, 0.3) is 0 Å². The summed E-state index contributed by atoms with van der Waals surface area (Å²) in [4.78, 5) is 12.8. The maximum absolute atomic E-state index is 15.1. The number of nitrogens with two attached hydrogens (primary N) is 1. The summed E-state index contributed by atoms with van der Waals surface area (Å²) in [7, 11) is 0. The van der Waals surface area contributed by atoms with Crippen LogP contribution in [0.25, 0.3) is 10.9 Å². The number of aliphatic imine (C=N–C) groups is 1. The van der Waals surface area contributed by atoms with Gasteiger partial charge in [-0.15, -0.1) is 0 Å². The lowest BCUT2D eigenvalue weighted by atomic mass is 9.61. The van der Waals surface area contributed by atoms with Crippen molar-refractivity contribution >= 4 is 39.3 Å². The molecule has 11 heteroatoms. The number of halogens is 3. The number of fused-ring (bicyclic) bond motifs is 2. The van der Waals surface area contributed by atoms with Crippen LogP contribution in [0, 0.1) is 28.9 Å². The lowest BCUT2D eigenvalue weighted by molar-refractivity contribution is 0.0429. The van der Waals surface area contributed by atoms with Crippen molar-refractivity contribution in [1.82, 2.24) is 9.97 Å². The largest absolute Gasteiger partial charge is 0.395 e. The van der Waals surface area contributed by atoms with E-state index in [2.05, 4.69) is 20.3 Å². The molecule has 1 aliphatic heterocycles. The molecule has 1 aliphatic carbocycles. The maximum Gasteiger partial charge on any atom is 0.164 e. The highest BCUT2D eigenvalue weighted by Crippen LogP contribution is 2.61. The molecule has 1 aromatic carbocycles. The summed E-state index contributed by atoms with van der Waals surface area (Å²) in [6, 6.07) is 7.56. The van der Waals surface area contributed by atoms with Crippen molar-refractivity contribution in [2.75, 3.05) is 18.6 Å². The van der Waals surface area contributed by atoms with Crippen LogP contribution in [0.1, 0.15) is 24.0 Å². The molecule has 3 atom stereocenters. The molecule has 0 bridgehead atoms. The quantitative estimate of drug-likeness (QED) is 0.502. The van der Waals surface area contributed by atoms with Gasteiger partial charge in [0.15, 0.2) is 22.6 Å². The highest BCUT2D eigenvalue weighted by atomic mass is 32.2. The van der Waals surface area contributed by atoms with Gasteiger partial charge in [-0.2, -0.15) is 5.26 Å².